The van der Waals surface area contributed by atoms with Crippen LogP contribution in [0.4, 0.5) is 4.79 Å². The van der Waals surface area contributed by atoms with Crippen molar-refractivity contribution >= 4 is 12.1 Å². The molecule has 17 heavy (non-hydrogen) atoms. The summed E-state index contributed by atoms with van der Waals surface area (Å²) in [5.74, 6) is -0.999. The number of amides is 1. The molecular formula is C11H19NO5. The third kappa shape index (κ3) is 5.04. The first-order chi connectivity index (χ1) is 7.78. The lowest BCUT2D eigenvalue weighted by Gasteiger charge is -2.28. The van der Waals surface area contributed by atoms with Crippen molar-refractivity contribution in [3.63, 3.8) is 0 Å². The fraction of sp³-hybridized carbons (Fsp3) is 0.818. The second kappa shape index (κ2) is 5.35. The third-order valence-corrected chi connectivity index (χ3v) is 2.28. The summed E-state index contributed by atoms with van der Waals surface area (Å²) in [5, 5.41) is 11.5. The molecule has 0 unspecified atom stereocenters. The van der Waals surface area contributed by atoms with Crippen molar-refractivity contribution in [2.75, 3.05) is 6.61 Å². The molecule has 1 amide bonds. The molecule has 0 bridgehead atoms. The van der Waals surface area contributed by atoms with E-state index in [9.17, 15) is 9.59 Å². The van der Waals surface area contributed by atoms with Gasteiger partial charge in [-0.1, -0.05) is 0 Å². The minimum atomic E-state index is -0.999. The Morgan fingerprint density at radius 1 is 1.41 bits per heavy atom. The first-order valence-corrected chi connectivity index (χ1v) is 5.62. The number of carboxylic acids is 1. The molecule has 2 N–H and O–H groups in total. The highest BCUT2D eigenvalue weighted by Gasteiger charge is 2.29. The molecule has 1 saturated heterocycles. The number of carbonyl (C=O) groups excluding carboxylic acids is 1. The molecule has 0 aromatic carbocycles. The fourth-order valence-electron chi connectivity index (χ4n) is 1.57. The molecule has 2 atom stereocenters. The minimum absolute atomic E-state index is 0.209. The average molecular weight is 245 g/mol. The predicted molar refractivity (Wildman–Crippen MR) is 59.8 cm³/mol. The molecular weight excluding hydrogens is 226 g/mol. The number of hydrogen-bond acceptors (Lipinski definition) is 4. The Morgan fingerprint density at radius 2 is 2.06 bits per heavy atom. The molecule has 1 fully saturated rings. The van der Waals surface area contributed by atoms with E-state index in [0.29, 0.717) is 13.0 Å². The highest BCUT2D eigenvalue weighted by atomic mass is 16.6. The van der Waals surface area contributed by atoms with E-state index >= 15 is 0 Å². The van der Waals surface area contributed by atoms with E-state index in [1.807, 2.05) is 0 Å². The monoisotopic (exact) mass is 245 g/mol. The third-order valence-electron chi connectivity index (χ3n) is 2.28. The summed E-state index contributed by atoms with van der Waals surface area (Å²) in [4.78, 5) is 22.2. The van der Waals surface area contributed by atoms with Gasteiger partial charge in [0.1, 0.15) is 5.60 Å². The number of carboxylic acid groups (broad SMARTS) is 1. The maximum Gasteiger partial charge on any atom is 0.407 e. The summed E-state index contributed by atoms with van der Waals surface area (Å²) in [5.41, 5.74) is -0.554. The van der Waals surface area contributed by atoms with E-state index < -0.39 is 23.8 Å². The number of hydrogen-bond donors (Lipinski definition) is 2. The number of ether oxygens (including phenoxy) is 2. The maximum atomic E-state index is 11.5. The Labute approximate surface area is 100 Å². The van der Waals surface area contributed by atoms with Crippen LogP contribution >= 0.6 is 0 Å². The molecule has 6 nitrogen and oxygen atoms in total. The smallest absolute Gasteiger partial charge is 0.407 e. The lowest BCUT2D eigenvalue weighted by molar-refractivity contribution is -0.154. The van der Waals surface area contributed by atoms with Gasteiger partial charge in [0.05, 0.1) is 0 Å². The van der Waals surface area contributed by atoms with Gasteiger partial charge in [0.25, 0.3) is 0 Å². The van der Waals surface area contributed by atoms with Gasteiger partial charge in [-0.15, -0.1) is 0 Å². The van der Waals surface area contributed by atoms with Crippen molar-refractivity contribution < 1.29 is 24.2 Å². The summed E-state index contributed by atoms with van der Waals surface area (Å²) >= 11 is 0. The quantitative estimate of drug-likeness (QED) is 0.762. The van der Waals surface area contributed by atoms with Crippen molar-refractivity contribution in [1.82, 2.24) is 5.32 Å². The molecule has 0 aromatic heterocycles. The summed E-state index contributed by atoms with van der Waals surface area (Å²) in [7, 11) is 0. The highest BCUT2D eigenvalue weighted by Crippen LogP contribution is 2.15. The van der Waals surface area contributed by atoms with Gasteiger partial charge in [-0.05, 0) is 27.2 Å². The molecule has 1 aliphatic heterocycles. The van der Waals surface area contributed by atoms with Crippen molar-refractivity contribution in [2.24, 2.45) is 0 Å². The zero-order chi connectivity index (χ0) is 13.1. The molecule has 0 radical (unpaired) electrons. The molecule has 1 heterocycles. The Hall–Kier alpha value is -1.30. The zero-order valence-electron chi connectivity index (χ0n) is 10.4. The Bertz CT molecular complexity index is 297. The minimum Gasteiger partial charge on any atom is -0.479 e. The molecule has 0 aliphatic carbocycles. The van der Waals surface area contributed by atoms with E-state index in [2.05, 4.69) is 5.32 Å². The lowest BCUT2D eigenvalue weighted by atomic mass is 10.0. The second-order valence-corrected chi connectivity index (χ2v) is 5.07. The summed E-state index contributed by atoms with van der Waals surface area (Å²) in [6, 6.07) is -0.209. The van der Waals surface area contributed by atoms with Crippen LogP contribution in [0.1, 0.15) is 33.6 Å². The highest BCUT2D eigenvalue weighted by molar-refractivity contribution is 5.73. The van der Waals surface area contributed by atoms with Gasteiger partial charge < -0.3 is 19.9 Å². The van der Waals surface area contributed by atoms with Crippen LogP contribution in [-0.4, -0.2) is 41.5 Å². The first kappa shape index (κ1) is 13.8. The molecule has 6 heteroatoms. The van der Waals surface area contributed by atoms with E-state index in [0.717, 1.165) is 0 Å². The second-order valence-electron chi connectivity index (χ2n) is 5.07. The molecule has 0 spiro atoms. The molecule has 0 saturated carbocycles. The van der Waals surface area contributed by atoms with Gasteiger partial charge >= 0.3 is 12.1 Å². The summed E-state index contributed by atoms with van der Waals surface area (Å²) in [6.45, 7) is 5.65. The van der Waals surface area contributed by atoms with Crippen LogP contribution in [0, 0.1) is 0 Å². The van der Waals surface area contributed by atoms with Crippen LogP contribution in [0.2, 0.25) is 0 Å². The van der Waals surface area contributed by atoms with E-state index in [1.54, 1.807) is 20.8 Å². The normalized spacial score (nSPS) is 25.1. The van der Waals surface area contributed by atoms with E-state index in [-0.39, 0.29) is 12.5 Å². The number of carbonyl (C=O) groups is 2. The lowest BCUT2D eigenvalue weighted by Crippen LogP contribution is -2.45. The molecule has 98 valence electrons. The molecule has 0 aromatic rings. The van der Waals surface area contributed by atoms with Gasteiger partial charge in [0.15, 0.2) is 6.10 Å². The predicted octanol–water partition coefficient (Wildman–Crippen LogP) is 1.14. The topological polar surface area (TPSA) is 84.9 Å². The average Bonchev–Trinajstić information content (AvgIpc) is 2.14. The van der Waals surface area contributed by atoms with Crippen LogP contribution in [0.3, 0.4) is 0 Å². The maximum absolute atomic E-state index is 11.5. The largest absolute Gasteiger partial charge is 0.479 e. The standard InChI is InChI=1S/C11H19NO5/c1-11(2,3)17-10(15)12-7-4-5-16-8(6-7)9(13)14/h7-8H,4-6H2,1-3H3,(H,12,15)(H,13,14)/t7-,8+/m1/s1. The number of alkyl carbamates (subject to hydrolysis) is 1. The number of aliphatic carboxylic acids is 1. The Balaban J connectivity index is 2.41. The van der Waals surface area contributed by atoms with Gasteiger partial charge in [0, 0.05) is 19.1 Å². The van der Waals surface area contributed by atoms with E-state index in [4.69, 9.17) is 14.6 Å². The summed E-state index contributed by atoms with van der Waals surface area (Å²) in [6.07, 6.45) is -0.491. The van der Waals surface area contributed by atoms with Crippen LogP contribution < -0.4 is 5.32 Å². The zero-order valence-corrected chi connectivity index (χ0v) is 10.4. The van der Waals surface area contributed by atoms with Crippen molar-refractivity contribution in [2.45, 2.75) is 51.4 Å². The van der Waals surface area contributed by atoms with Crippen LogP contribution in [0.5, 0.6) is 0 Å². The molecule has 1 rings (SSSR count). The van der Waals surface area contributed by atoms with Crippen molar-refractivity contribution in [3.8, 4) is 0 Å². The van der Waals surface area contributed by atoms with Gasteiger partial charge in [0.2, 0.25) is 0 Å². The van der Waals surface area contributed by atoms with Gasteiger partial charge in [-0.25, -0.2) is 9.59 Å². The van der Waals surface area contributed by atoms with Crippen molar-refractivity contribution in [3.05, 3.63) is 0 Å². The summed E-state index contributed by atoms with van der Waals surface area (Å²) < 4.78 is 10.2. The van der Waals surface area contributed by atoms with Crippen LogP contribution in [0.25, 0.3) is 0 Å². The number of rotatable bonds is 2. The molecule has 1 aliphatic rings. The van der Waals surface area contributed by atoms with Gasteiger partial charge in [-0.2, -0.15) is 0 Å². The fourth-order valence-corrected chi connectivity index (χ4v) is 1.57. The SMILES string of the molecule is CC(C)(C)OC(=O)N[C@@H]1CCO[C@H](C(=O)O)C1. The van der Waals surface area contributed by atoms with Crippen LogP contribution in [-0.2, 0) is 14.3 Å². The van der Waals surface area contributed by atoms with Crippen LogP contribution in [0.15, 0.2) is 0 Å². The Morgan fingerprint density at radius 3 is 2.59 bits per heavy atom. The first-order valence-electron chi connectivity index (χ1n) is 5.62. The van der Waals surface area contributed by atoms with E-state index in [1.165, 1.54) is 0 Å². The number of nitrogens with one attached hydrogen (secondary N) is 1. The van der Waals surface area contributed by atoms with Crippen molar-refractivity contribution in [1.29, 1.82) is 0 Å². The Kier molecular flexibility index (Phi) is 4.34. The van der Waals surface area contributed by atoms with Gasteiger partial charge in [-0.3, -0.25) is 0 Å².